The highest BCUT2D eigenvalue weighted by Crippen LogP contribution is 2.23. The molecule has 0 aliphatic carbocycles. The van der Waals surface area contributed by atoms with Crippen LogP contribution in [-0.2, 0) is 6.42 Å². The minimum Gasteiger partial charge on any atom is -0.338 e. The lowest BCUT2D eigenvalue weighted by molar-refractivity contribution is 0.449. The van der Waals surface area contributed by atoms with Gasteiger partial charge in [0.25, 0.3) is 0 Å². The minimum atomic E-state index is -1.54. The molecule has 2 aromatic rings. The predicted molar refractivity (Wildman–Crippen MR) is 73.4 cm³/mol. The maximum atomic E-state index is 13.6. The molecular weight excluding hydrogens is 283 g/mol. The fourth-order valence-electron chi connectivity index (χ4n) is 1.73. The van der Waals surface area contributed by atoms with Gasteiger partial charge in [-0.05, 0) is 18.6 Å². The molecule has 0 amide bonds. The molecule has 0 bridgehead atoms. The number of nitrogens with zero attached hydrogens (tertiary/aromatic N) is 2. The number of hydrazine groups is 1. The molecule has 0 radical (unpaired) electrons. The maximum absolute atomic E-state index is 13.6. The summed E-state index contributed by atoms with van der Waals surface area (Å²) < 4.78 is 39.7. The van der Waals surface area contributed by atoms with Crippen LogP contribution in [0.2, 0.25) is 0 Å². The normalized spacial score (nSPS) is 10.5. The van der Waals surface area contributed by atoms with Crippen LogP contribution in [0.1, 0.15) is 19.2 Å². The lowest BCUT2D eigenvalue weighted by Gasteiger charge is -2.10. The number of benzene rings is 1. The highest BCUT2D eigenvalue weighted by atomic mass is 19.2. The lowest BCUT2D eigenvalue weighted by atomic mass is 10.2. The number of nitrogens with one attached hydrogen (secondary N) is 2. The van der Waals surface area contributed by atoms with E-state index >= 15 is 0 Å². The lowest BCUT2D eigenvalue weighted by Crippen LogP contribution is -2.11. The number of nitrogen functional groups attached to an aromatic ring is 1. The first kappa shape index (κ1) is 15.0. The maximum Gasteiger partial charge on any atom is 0.196 e. The quantitative estimate of drug-likeness (QED) is 0.449. The Balaban J connectivity index is 2.34. The molecule has 0 atom stereocenters. The molecule has 0 unspecified atom stereocenters. The first-order chi connectivity index (χ1) is 10.0. The molecule has 112 valence electrons. The zero-order chi connectivity index (χ0) is 15.4. The van der Waals surface area contributed by atoms with E-state index in [0.29, 0.717) is 18.1 Å². The second kappa shape index (κ2) is 6.40. The van der Waals surface area contributed by atoms with Crippen molar-refractivity contribution in [1.29, 1.82) is 0 Å². The number of rotatable bonds is 5. The zero-order valence-electron chi connectivity index (χ0n) is 11.3. The summed E-state index contributed by atoms with van der Waals surface area (Å²) in [7, 11) is 0. The van der Waals surface area contributed by atoms with E-state index in [-0.39, 0.29) is 11.5 Å². The van der Waals surface area contributed by atoms with Gasteiger partial charge in [0, 0.05) is 12.5 Å². The van der Waals surface area contributed by atoms with Gasteiger partial charge in [-0.25, -0.2) is 29.0 Å². The smallest absolute Gasteiger partial charge is 0.196 e. The van der Waals surface area contributed by atoms with E-state index in [1.807, 2.05) is 6.92 Å². The van der Waals surface area contributed by atoms with E-state index < -0.39 is 17.5 Å². The first-order valence-electron chi connectivity index (χ1n) is 6.30. The average Bonchev–Trinajstić information content (AvgIpc) is 2.48. The van der Waals surface area contributed by atoms with Crippen molar-refractivity contribution in [2.45, 2.75) is 19.8 Å². The van der Waals surface area contributed by atoms with Crippen LogP contribution in [0.4, 0.5) is 30.5 Å². The fraction of sp³-hybridized carbons (Fsp3) is 0.231. The Hall–Kier alpha value is -2.35. The van der Waals surface area contributed by atoms with Crippen LogP contribution in [0.15, 0.2) is 18.2 Å². The largest absolute Gasteiger partial charge is 0.338 e. The average molecular weight is 297 g/mol. The van der Waals surface area contributed by atoms with Crippen LogP contribution in [0, 0.1) is 17.5 Å². The summed E-state index contributed by atoms with van der Waals surface area (Å²) in [5.41, 5.74) is 2.14. The van der Waals surface area contributed by atoms with Gasteiger partial charge in [-0.3, -0.25) is 0 Å². The summed E-state index contributed by atoms with van der Waals surface area (Å²) in [6.45, 7) is 1.95. The van der Waals surface area contributed by atoms with Crippen LogP contribution in [-0.4, -0.2) is 9.97 Å². The molecule has 0 fully saturated rings. The highest BCUT2D eigenvalue weighted by molar-refractivity contribution is 5.59. The van der Waals surface area contributed by atoms with Gasteiger partial charge in [-0.2, -0.15) is 0 Å². The second-order valence-electron chi connectivity index (χ2n) is 4.30. The molecule has 0 saturated carbocycles. The van der Waals surface area contributed by atoms with Crippen molar-refractivity contribution < 1.29 is 13.2 Å². The van der Waals surface area contributed by atoms with E-state index in [0.717, 1.165) is 18.6 Å². The Labute approximate surface area is 119 Å². The van der Waals surface area contributed by atoms with Gasteiger partial charge in [0.05, 0.1) is 5.69 Å². The molecule has 4 N–H and O–H groups in total. The van der Waals surface area contributed by atoms with Crippen LogP contribution < -0.4 is 16.6 Å². The summed E-state index contributed by atoms with van der Waals surface area (Å²) in [4.78, 5) is 8.28. The standard InChI is InChI=1S/C13H14F3N5/c1-2-3-9-19-10(6-11(20-9)21-17)18-8-5-4-7(14)12(15)13(8)16/h4-6H,2-3,17H2,1H3,(H2,18,19,20,21). The monoisotopic (exact) mass is 297 g/mol. The van der Waals surface area contributed by atoms with E-state index in [4.69, 9.17) is 5.84 Å². The number of nitrogens with two attached hydrogens (primary N) is 1. The number of hydrogen-bond donors (Lipinski definition) is 3. The van der Waals surface area contributed by atoms with Crippen molar-refractivity contribution in [3.63, 3.8) is 0 Å². The van der Waals surface area contributed by atoms with Gasteiger partial charge in [-0.1, -0.05) is 6.92 Å². The minimum absolute atomic E-state index is 0.224. The van der Waals surface area contributed by atoms with Gasteiger partial charge in [-0.15, -0.1) is 0 Å². The van der Waals surface area contributed by atoms with E-state index in [1.54, 1.807) is 0 Å². The summed E-state index contributed by atoms with van der Waals surface area (Å²) >= 11 is 0. The number of anilines is 3. The van der Waals surface area contributed by atoms with Crippen LogP contribution >= 0.6 is 0 Å². The molecule has 1 aromatic carbocycles. The van der Waals surface area contributed by atoms with E-state index in [2.05, 4.69) is 20.7 Å². The fourth-order valence-corrected chi connectivity index (χ4v) is 1.73. The molecule has 21 heavy (non-hydrogen) atoms. The Morgan fingerprint density at radius 2 is 1.81 bits per heavy atom. The van der Waals surface area contributed by atoms with Gasteiger partial charge in [0.2, 0.25) is 0 Å². The third-order valence-corrected chi connectivity index (χ3v) is 2.69. The van der Waals surface area contributed by atoms with E-state index in [9.17, 15) is 13.2 Å². The summed E-state index contributed by atoms with van der Waals surface area (Å²) in [6.07, 6.45) is 1.41. The van der Waals surface area contributed by atoms with Gasteiger partial charge < -0.3 is 10.7 Å². The Morgan fingerprint density at radius 1 is 1.10 bits per heavy atom. The molecule has 5 nitrogen and oxygen atoms in total. The number of aromatic nitrogens is 2. The van der Waals surface area contributed by atoms with Crippen molar-refractivity contribution in [1.82, 2.24) is 9.97 Å². The highest BCUT2D eigenvalue weighted by Gasteiger charge is 2.14. The summed E-state index contributed by atoms with van der Waals surface area (Å²) in [5, 5.41) is 2.59. The molecular formula is C13H14F3N5. The number of aryl methyl sites for hydroxylation is 1. The molecule has 0 saturated heterocycles. The van der Waals surface area contributed by atoms with Crippen molar-refractivity contribution in [2.24, 2.45) is 5.84 Å². The number of halogens is 3. The Kier molecular flexibility index (Phi) is 4.59. The molecule has 0 spiro atoms. The van der Waals surface area contributed by atoms with E-state index in [1.165, 1.54) is 6.07 Å². The molecule has 1 heterocycles. The SMILES string of the molecule is CCCc1nc(NN)cc(Nc2ccc(F)c(F)c2F)n1. The summed E-state index contributed by atoms with van der Waals surface area (Å²) in [5.74, 6) is 2.25. The van der Waals surface area contributed by atoms with Gasteiger partial charge in [0.1, 0.15) is 17.5 Å². The zero-order valence-corrected chi connectivity index (χ0v) is 11.3. The van der Waals surface area contributed by atoms with Crippen molar-refractivity contribution in [2.75, 3.05) is 10.7 Å². The second-order valence-corrected chi connectivity index (χ2v) is 4.30. The molecule has 1 aromatic heterocycles. The predicted octanol–water partition coefficient (Wildman–Crippen LogP) is 2.88. The Bertz CT molecular complexity index is 648. The molecule has 0 aliphatic heterocycles. The number of hydrogen-bond acceptors (Lipinski definition) is 5. The van der Waals surface area contributed by atoms with Gasteiger partial charge >= 0.3 is 0 Å². The first-order valence-corrected chi connectivity index (χ1v) is 6.30. The third kappa shape index (κ3) is 3.40. The molecule has 8 heteroatoms. The van der Waals surface area contributed by atoms with Crippen LogP contribution in [0.25, 0.3) is 0 Å². The van der Waals surface area contributed by atoms with Crippen molar-refractivity contribution in [3.8, 4) is 0 Å². The molecule has 0 aliphatic rings. The topological polar surface area (TPSA) is 75.9 Å². The van der Waals surface area contributed by atoms with Gasteiger partial charge in [0.15, 0.2) is 17.5 Å². The summed E-state index contributed by atoms with van der Waals surface area (Å²) in [6, 6.07) is 3.35. The van der Waals surface area contributed by atoms with Crippen LogP contribution in [0.3, 0.4) is 0 Å². The van der Waals surface area contributed by atoms with Crippen molar-refractivity contribution in [3.05, 3.63) is 41.5 Å². The van der Waals surface area contributed by atoms with Crippen LogP contribution in [0.5, 0.6) is 0 Å². The third-order valence-electron chi connectivity index (χ3n) is 2.69. The Morgan fingerprint density at radius 3 is 2.48 bits per heavy atom. The molecule has 2 rings (SSSR count). The van der Waals surface area contributed by atoms with Crippen molar-refractivity contribution >= 4 is 17.3 Å².